The molecule has 2 aliphatic carbocycles. The molecule has 2 amide bonds. The highest BCUT2D eigenvalue weighted by Gasteiger charge is 2.36. The van der Waals surface area contributed by atoms with Crippen molar-refractivity contribution in [1.29, 1.82) is 0 Å². The van der Waals surface area contributed by atoms with Gasteiger partial charge >= 0.3 is 0 Å². The Balaban J connectivity index is 1.54. The van der Waals surface area contributed by atoms with E-state index in [0.29, 0.717) is 6.54 Å². The van der Waals surface area contributed by atoms with E-state index in [4.69, 9.17) is 0 Å². The molecular formula is C19H25FN2O2. The predicted molar refractivity (Wildman–Crippen MR) is 89.7 cm³/mol. The van der Waals surface area contributed by atoms with Crippen LogP contribution in [0.3, 0.4) is 0 Å². The number of amides is 2. The van der Waals surface area contributed by atoms with Gasteiger partial charge in [-0.1, -0.05) is 31.4 Å². The second-order valence-corrected chi connectivity index (χ2v) is 7.01. The average molecular weight is 332 g/mol. The fourth-order valence-electron chi connectivity index (χ4n) is 3.68. The quantitative estimate of drug-likeness (QED) is 0.841. The summed E-state index contributed by atoms with van der Waals surface area (Å²) in [5, 5.41) is 6.00. The van der Waals surface area contributed by atoms with Crippen molar-refractivity contribution in [3.05, 3.63) is 35.6 Å². The first kappa shape index (κ1) is 16.9. The number of hydrogen-bond donors (Lipinski definition) is 2. The van der Waals surface area contributed by atoms with Crippen LogP contribution < -0.4 is 10.6 Å². The Hall–Kier alpha value is -1.91. The summed E-state index contributed by atoms with van der Waals surface area (Å²) in [6.07, 6.45) is 7.18. The molecule has 0 bridgehead atoms. The van der Waals surface area contributed by atoms with Gasteiger partial charge in [0.05, 0.1) is 5.54 Å². The second kappa shape index (κ2) is 7.32. The highest BCUT2D eigenvalue weighted by molar-refractivity contribution is 5.81. The Morgan fingerprint density at radius 1 is 1.08 bits per heavy atom. The van der Waals surface area contributed by atoms with Crippen molar-refractivity contribution < 1.29 is 14.0 Å². The Bertz CT molecular complexity index is 590. The normalized spacial score (nSPS) is 19.5. The minimum atomic E-state index is -0.386. The van der Waals surface area contributed by atoms with Gasteiger partial charge in [0.2, 0.25) is 11.8 Å². The zero-order valence-electron chi connectivity index (χ0n) is 13.9. The number of nitrogens with one attached hydrogen (secondary N) is 2. The molecule has 1 aromatic rings. The van der Waals surface area contributed by atoms with Gasteiger partial charge in [-0.2, -0.15) is 0 Å². The van der Waals surface area contributed by atoms with E-state index in [9.17, 15) is 14.0 Å². The Morgan fingerprint density at radius 3 is 2.33 bits per heavy atom. The highest BCUT2D eigenvalue weighted by atomic mass is 19.1. The van der Waals surface area contributed by atoms with Gasteiger partial charge in [0.1, 0.15) is 5.82 Å². The van der Waals surface area contributed by atoms with Gasteiger partial charge in [-0.3, -0.25) is 9.59 Å². The summed E-state index contributed by atoms with van der Waals surface area (Å²) in [4.78, 5) is 24.1. The minimum Gasteiger partial charge on any atom is -0.355 e. The molecule has 0 saturated heterocycles. The molecule has 0 atom stereocenters. The molecule has 2 aliphatic rings. The van der Waals surface area contributed by atoms with Crippen molar-refractivity contribution in [2.45, 2.75) is 56.9 Å². The number of rotatable bonds is 6. The maximum Gasteiger partial charge on any atom is 0.223 e. The first-order valence-corrected chi connectivity index (χ1v) is 8.94. The topological polar surface area (TPSA) is 58.2 Å². The fraction of sp³-hybridized carbons (Fsp3) is 0.579. The van der Waals surface area contributed by atoms with Gasteiger partial charge in [-0.15, -0.1) is 0 Å². The molecule has 24 heavy (non-hydrogen) atoms. The third-order valence-corrected chi connectivity index (χ3v) is 5.36. The van der Waals surface area contributed by atoms with Crippen LogP contribution in [0.4, 0.5) is 4.39 Å². The zero-order chi connectivity index (χ0) is 17.0. The van der Waals surface area contributed by atoms with Crippen LogP contribution >= 0.6 is 0 Å². The average Bonchev–Trinajstić information content (AvgIpc) is 2.95. The zero-order valence-corrected chi connectivity index (χ0v) is 13.9. The number of hydrogen-bond acceptors (Lipinski definition) is 2. The lowest BCUT2D eigenvalue weighted by Crippen LogP contribution is -2.45. The number of benzene rings is 1. The van der Waals surface area contributed by atoms with E-state index in [0.717, 1.165) is 50.5 Å². The number of carbonyl (C=O) groups is 2. The molecule has 0 heterocycles. The third-order valence-electron chi connectivity index (χ3n) is 5.36. The monoisotopic (exact) mass is 332 g/mol. The lowest BCUT2D eigenvalue weighted by Gasteiger charge is -2.31. The van der Waals surface area contributed by atoms with Gasteiger partial charge in [0, 0.05) is 18.9 Å². The molecule has 1 aromatic carbocycles. The maximum atomic E-state index is 13.2. The SMILES string of the molecule is O=C(CCNC(=O)C1CCC1)NC1(c2ccc(F)cc2)CCCC1. The summed E-state index contributed by atoms with van der Waals surface area (Å²) in [5.41, 5.74) is 0.580. The molecule has 5 heteroatoms. The third kappa shape index (κ3) is 3.77. The van der Waals surface area contributed by atoms with E-state index in [1.165, 1.54) is 12.1 Å². The summed E-state index contributed by atoms with van der Waals surface area (Å²) >= 11 is 0. The van der Waals surface area contributed by atoms with E-state index in [2.05, 4.69) is 10.6 Å². The van der Waals surface area contributed by atoms with E-state index in [1.54, 1.807) is 12.1 Å². The van der Waals surface area contributed by atoms with Gasteiger partial charge in [-0.25, -0.2) is 4.39 Å². The first-order chi connectivity index (χ1) is 11.6. The Kier molecular flexibility index (Phi) is 5.17. The van der Waals surface area contributed by atoms with Crippen LogP contribution in [0.5, 0.6) is 0 Å². The van der Waals surface area contributed by atoms with Gasteiger partial charge in [0.25, 0.3) is 0 Å². The summed E-state index contributed by atoms with van der Waals surface area (Å²) in [6.45, 7) is 0.376. The van der Waals surface area contributed by atoms with Gasteiger partial charge < -0.3 is 10.6 Å². The molecule has 2 fully saturated rings. The molecule has 0 unspecified atom stereocenters. The Morgan fingerprint density at radius 2 is 1.75 bits per heavy atom. The molecule has 2 N–H and O–H groups in total. The van der Waals surface area contributed by atoms with Crippen molar-refractivity contribution in [2.75, 3.05) is 6.54 Å². The lowest BCUT2D eigenvalue weighted by atomic mass is 9.85. The largest absolute Gasteiger partial charge is 0.355 e. The van der Waals surface area contributed by atoms with Crippen molar-refractivity contribution >= 4 is 11.8 Å². The van der Waals surface area contributed by atoms with Crippen LogP contribution in [0.25, 0.3) is 0 Å². The van der Waals surface area contributed by atoms with Crippen LogP contribution in [0, 0.1) is 11.7 Å². The molecule has 3 rings (SSSR count). The van der Waals surface area contributed by atoms with Crippen molar-refractivity contribution in [3.63, 3.8) is 0 Å². The first-order valence-electron chi connectivity index (χ1n) is 8.94. The van der Waals surface area contributed by atoms with E-state index in [-0.39, 0.29) is 35.5 Å². The van der Waals surface area contributed by atoms with Crippen molar-refractivity contribution in [1.82, 2.24) is 10.6 Å². The maximum absolute atomic E-state index is 13.2. The summed E-state index contributed by atoms with van der Waals surface area (Å²) in [7, 11) is 0. The summed E-state index contributed by atoms with van der Waals surface area (Å²) in [5.74, 6) is -0.108. The smallest absolute Gasteiger partial charge is 0.223 e. The Labute approximate surface area is 142 Å². The molecule has 0 radical (unpaired) electrons. The molecule has 4 nitrogen and oxygen atoms in total. The molecule has 0 aromatic heterocycles. The van der Waals surface area contributed by atoms with E-state index in [1.807, 2.05) is 0 Å². The summed E-state index contributed by atoms with van der Waals surface area (Å²) in [6, 6.07) is 6.42. The lowest BCUT2D eigenvalue weighted by molar-refractivity contribution is -0.127. The van der Waals surface area contributed by atoms with Crippen LogP contribution in [-0.2, 0) is 15.1 Å². The fourth-order valence-corrected chi connectivity index (χ4v) is 3.68. The van der Waals surface area contributed by atoms with Crippen LogP contribution in [0.15, 0.2) is 24.3 Å². The standard InChI is InChI=1S/C19H25FN2O2/c20-16-8-6-15(7-9-16)19(11-1-2-12-19)22-17(23)10-13-21-18(24)14-4-3-5-14/h6-9,14H,1-5,10-13H2,(H,21,24)(H,22,23). The number of carbonyl (C=O) groups excluding carboxylic acids is 2. The molecule has 2 saturated carbocycles. The van der Waals surface area contributed by atoms with Crippen LogP contribution in [0.1, 0.15) is 56.9 Å². The van der Waals surface area contributed by atoms with Crippen LogP contribution in [-0.4, -0.2) is 18.4 Å². The van der Waals surface area contributed by atoms with Gasteiger partial charge in [0.15, 0.2) is 0 Å². The number of halogens is 1. The summed E-state index contributed by atoms with van der Waals surface area (Å²) < 4.78 is 13.2. The molecule has 0 aliphatic heterocycles. The van der Waals surface area contributed by atoms with Crippen LogP contribution in [0.2, 0.25) is 0 Å². The van der Waals surface area contributed by atoms with Crippen molar-refractivity contribution in [3.8, 4) is 0 Å². The second-order valence-electron chi connectivity index (χ2n) is 7.01. The van der Waals surface area contributed by atoms with E-state index < -0.39 is 0 Å². The predicted octanol–water partition coefficient (Wildman–Crippen LogP) is 3.02. The van der Waals surface area contributed by atoms with Gasteiger partial charge in [-0.05, 0) is 43.4 Å². The molecular weight excluding hydrogens is 307 g/mol. The highest BCUT2D eigenvalue weighted by Crippen LogP contribution is 2.38. The van der Waals surface area contributed by atoms with E-state index >= 15 is 0 Å². The van der Waals surface area contributed by atoms with Crippen molar-refractivity contribution in [2.24, 2.45) is 5.92 Å². The minimum absolute atomic E-state index is 0.0601. The molecule has 130 valence electrons. The molecule has 0 spiro atoms.